The van der Waals surface area contributed by atoms with Gasteiger partial charge in [0, 0.05) is 32.1 Å². The highest BCUT2D eigenvalue weighted by Gasteiger charge is 2.40. The Balaban J connectivity index is 1.22. The summed E-state index contributed by atoms with van der Waals surface area (Å²) in [6.07, 6.45) is 4.57. The molecule has 0 unspecified atom stereocenters. The highest BCUT2D eigenvalue weighted by Crippen LogP contribution is 2.33. The smallest absolute Gasteiger partial charge is 0.317 e. The molecule has 1 aromatic carbocycles. The molecule has 4 rings (SSSR count). The van der Waals surface area contributed by atoms with E-state index in [4.69, 9.17) is 0 Å². The molecular formula is C21H29N3O3. The van der Waals surface area contributed by atoms with E-state index in [-0.39, 0.29) is 6.03 Å². The van der Waals surface area contributed by atoms with Crippen molar-refractivity contribution in [1.29, 1.82) is 0 Å². The van der Waals surface area contributed by atoms with Gasteiger partial charge in [-0.1, -0.05) is 30.3 Å². The highest BCUT2D eigenvalue weighted by atomic mass is 16.3. The summed E-state index contributed by atoms with van der Waals surface area (Å²) in [5, 5.41) is 13.9. The zero-order valence-electron chi connectivity index (χ0n) is 15.8. The topological polar surface area (TPSA) is 72.9 Å². The van der Waals surface area contributed by atoms with Gasteiger partial charge in [-0.25, -0.2) is 4.79 Å². The molecule has 6 nitrogen and oxygen atoms in total. The van der Waals surface area contributed by atoms with E-state index in [9.17, 15) is 14.7 Å². The van der Waals surface area contributed by atoms with E-state index in [0.29, 0.717) is 43.8 Å². The van der Waals surface area contributed by atoms with Crippen molar-refractivity contribution < 1.29 is 14.7 Å². The minimum absolute atomic E-state index is 0.0988. The van der Waals surface area contributed by atoms with Gasteiger partial charge in [0.1, 0.15) is 5.60 Å². The Morgan fingerprint density at radius 3 is 2.41 bits per heavy atom. The summed E-state index contributed by atoms with van der Waals surface area (Å²) in [6, 6.07) is 9.48. The molecule has 27 heavy (non-hydrogen) atoms. The zero-order chi connectivity index (χ0) is 18.9. The van der Waals surface area contributed by atoms with Crippen LogP contribution in [0.2, 0.25) is 0 Å². The number of amides is 3. The number of piperidine rings is 1. The van der Waals surface area contributed by atoms with Crippen LogP contribution >= 0.6 is 0 Å². The van der Waals surface area contributed by atoms with Crippen LogP contribution in [0.5, 0.6) is 0 Å². The van der Waals surface area contributed by atoms with Crippen molar-refractivity contribution in [2.75, 3.05) is 32.7 Å². The van der Waals surface area contributed by atoms with Crippen LogP contribution in [0.4, 0.5) is 4.79 Å². The van der Waals surface area contributed by atoms with Crippen molar-refractivity contribution in [2.45, 2.75) is 37.7 Å². The second-order valence-corrected chi connectivity index (χ2v) is 8.30. The van der Waals surface area contributed by atoms with Crippen molar-refractivity contribution >= 4 is 11.9 Å². The van der Waals surface area contributed by atoms with Gasteiger partial charge in [-0.2, -0.15) is 0 Å². The summed E-state index contributed by atoms with van der Waals surface area (Å²) in [6.45, 7) is 3.16. The SMILES string of the molecule is O=C(NCC1CCN(C(=O)C2CC2)CC1)N1CC[C@](O)(c2ccccc2)C1. The normalized spacial score (nSPS) is 26.3. The molecule has 2 N–H and O–H groups in total. The molecule has 2 heterocycles. The monoisotopic (exact) mass is 371 g/mol. The Hall–Kier alpha value is -2.08. The van der Waals surface area contributed by atoms with Crippen molar-refractivity contribution in [2.24, 2.45) is 11.8 Å². The lowest BCUT2D eigenvalue weighted by Crippen LogP contribution is -2.45. The predicted octanol–water partition coefficient (Wildman–Crippen LogP) is 1.94. The average Bonchev–Trinajstić information content (AvgIpc) is 3.48. The Kier molecular flexibility index (Phi) is 5.08. The molecule has 3 aliphatic rings. The van der Waals surface area contributed by atoms with Gasteiger partial charge in [-0.3, -0.25) is 4.79 Å². The van der Waals surface area contributed by atoms with Gasteiger partial charge in [0.2, 0.25) is 5.91 Å². The summed E-state index contributed by atoms with van der Waals surface area (Å²) in [7, 11) is 0. The van der Waals surface area contributed by atoms with Crippen molar-refractivity contribution in [3.63, 3.8) is 0 Å². The number of aliphatic hydroxyl groups is 1. The fourth-order valence-corrected chi connectivity index (χ4v) is 4.24. The van der Waals surface area contributed by atoms with Crippen LogP contribution in [0.3, 0.4) is 0 Å². The van der Waals surface area contributed by atoms with Crippen LogP contribution in [0.15, 0.2) is 30.3 Å². The van der Waals surface area contributed by atoms with Crippen molar-refractivity contribution in [3.8, 4) is 0 Å². The third-order valence-electron chi connectivity index (χ3n) is 6.24. The third kappa shape index (κ3) is 4.10. The van der Waals surface area contributed by atoms with Crippen molar-refractivity contribution in [3.05, 3.63) is 35.9 Å². The van der Waals surface area contributed by atoms with Crippen LogP contribution < -0.4 is 5.32 Å². The number of nitrogens with one attached hydrogen (secondary N) is 1. The van der Waals surface area contributed by atoms with E-state index in [1.54, 1.807) is 4.90 Å². The number of hydrogen-bond donors (Lipinski definition) is 2. The Morgan fingerprint density at radius 1 is 1.04 bits per heavy atom. The number of hydrogen-bond acceptors (Lipinski definition) is 3. The number of β-amino-alcohol motifs (C(OH)–C–C–N with tert-alkyl or cyclic N) is 1. The number of carbonyl (C=O) groups is 2. The van der Waals surface area contributed by atoms with E-state index in [2.05, 4.69) is 5.32 Å². The summed E-state index contributed by atoms with van der Waals surface area (Å²) < 4.78 is 0. The fourth-order valence-electron chi connectivity index (χ4n) is 4.24. The molecule has 0 radical (unpaired) electrons. The molecule has 6 heteroatoms. The van der Waals surface area contributed by atoms with E-state index in [1.807, 2.05) is 35.2 Å². The summed E-state index contributed by atoms with van der Waals surface area (Å²) >= 11 is 0. The molecule has 3 amide bonds. The second-order valence-electron chi connectivity index (χ2n) is 8.30. The van der Waals surface area contributed by atoms with Crippen molar-refractivity contribution in [1.82, 2.24) is 15.1 Å². The van der Waals surface area contributed by atoms with Crippen LogP contribution in [0.25, 0.3) is 0 Å². The molecule has 1 aliphatic carbocycles. The molecule has 1 saturated carbocycles. The van der Waals surface area contributed by atoms with Gasteiger partial charge in [0.25, 0.3) is 0 Å². The quantitative estimate of drug-likeness (QED) is 0.850. The van der Waals surface area contributed by atoms with Gasteiger partial charge in [-0.15, -0.1) is 0 Å². The van der Waals surface area contributed by atoms with E-state index < -0.39 is 5.60 Å². The van der Waals surface area contributed by atoms with E-state index in [1.165, 1.54) is 0 Å². The lowest BCUT2D eigenvalue weighted by molar-refractivity contribution is -0.133. The molecule has 1 aromatic rings. The molecule has 3 fully saturated rings. The number of urea groups is 1. The van der Waals surface area contributed by atoms with Crippen LogP contribution in [-0.4, -0.2) is 59.6 Å². The minimum atomic E-state index is -0.951. The number of nitrogens with zero attached hydrogens (tertiary/aromatic N) is 2. The molecule has 0 aromatic heterocycles. The van der Waals surface area contributed by atoms with E-state index in [0.717, 1.165) is 44.3 Å². The molecule has 1 atom stereocenters. The lowest BCUT2D eigenvalue weighted by Gasteiger charge is -2.32. The van der Waals surface area contributed by atoms with Crippen LogP contribution in [-0.2, 0) is 10.4 Å². The number of likely N-dealkylation sites (tertiary alicyclic amines) is 2. The first kappa shape index (κ1) is 18.3. The molecule has 146 valence electrons. The summed E-state index contributed by atoms with van der Waals surface area (Å²) in [5.74, 6) is 1.04. The first-order valence-electron chi connectivity index (χ1n) is 10.1. The van der Waals surface area contributed by atoms with Crippen LogP contribution in [0, 0.1) is 11.8 Å². The highest BCUT2D eigenvalue weighted by molar-refractivity contribution is 5.81. The first-order chi connectivity index (χ1) is 13.0. The molecule has 2 aliphatic heterocycles. The number of carbonyl (C=O) groups excluding carboxylic acids is 2. The average molecular weight is 371 g/mol. The molecular weight excluding hydrogens is 342 g/mol. The lowest BCUT2D eigenvalue weighted by atomic mass is 9.93. The minimum Gasteiger partial charge on any atom is -0.383 e. The number of rotatable bonds is 4. The van der Waals surface area contributed by atoms with Gasteiger partial charge >= 0.3 is 6.03 Å². The van der Waals surface area contributed by atoms with Gasteiger partial charge < -0.3 is 20.2 Å². The predicted molar refractivity (Wildman–Crippen MR) is 102 cm³/mol. The van der Waals surface area contributed by atoms with Gasteiger partial charge in [-0.05, 0) is 43.6 Å². The Labute approximate surface area is 160 Å². The maximum atomic E-state index is 12.5. The third-order valence-corrected chi connectivity index (χ3v) is 6.24. The molecule has 2 saturated heterocycles. The maximum Gasteiger partial charge on any atom is 0.317 e. The van der Waals surface area contributed by atoms with E-state index >= 15 is 0 Å². The summed E-state index contributed by atoms with van der Waals surface area (Å²) in [5.41, 5.74) is -0.0828. The van der Waals surface area contributed by atoms with Gasteiger partial charge in [0.05, 0.1) is 6.54 Å². The van der Waals surface area contributed by atoms with Gasteiger partial charge in [0.15, 0.2) is 0 Å². The van der Waals surface area contributed by atoms with Crippen LogP contribution in [0.1, 0.15) is 37.7 Å². The summed E-state index contributed by atoms with van der Waals surface area (Å²) in [4.78, 5) is 28.3. The molecule has 0 spiro atoms. The second kappa shape index (κ2) is 7.50. The molecule has 0 bridgehead atoms. The fraction of sp³-hybridized carbons (Fsp3) is 0.619. The standard InChI is InChI=1S/C21H29N3O3/c25-19(17-6-7-17)23-11-8-16(9-12-23)14-22-20(26)24-13-10-21(27,15-24)18-4-2-1-3-5-18/h1-5,16-17,27H,6-15H2,(H,22,26)/t21-/m1/s1. The largest absolute Gasteiger partial charge is 0.383 e. The first-order valence-corrected chi connectivity index (χ1v) is 10.1. The Bertz CT molecular complexity index is 683. The zero-order valence-corrected chi connectivity index (χ0v) is 15.8. The Morgan fingerprint density at radius 2 is 1.74 bits per heavy atom. The maximum absolute atomic E-state index is 12.5. The number of benzene rings is 1.